The summed E-state index contributed by atoms with van der Waals surface area (Å²) >= 11 is 0. The smallest absolute Gasteiger partial charge is 0.408 e. The molecule has 0 saturated carbocycles. The van der Waals surface area contributed by atoms with E-state index in [-0.39, 0.29) is 22.9 Å². The quantitative estimate of drug-likeness (QED) is 0.668. The summed E-state index contributed by atoms with van der Waals surface area (Å²) in [4.78, 5) is 24.6. The Balaban J connectivity index is 1.54. The number of carbonyl (C=O) groups is 1. The van der Waals surface area contributed by atoms with Crippen molar-refractivity contribution in [3.05, 3.63) is 58.1 Å². The maximum atomic E-state index is 13.2. The number of nitrogens with zero attached hydrogens (tertiary/aromatic N) is 2. The van der Waals surface area contributed by atoms with Gasteiger partial charge in [0.1, 0.15) is 0 Å². The first kappa shape index (κ1) is 21.3. The third kappa shape index (κ3) is 4.03. The van der Waals surface area contributed by atoms with Crippen LogP contribution < -0.4 is 11.1 Å². The molecule has 1 aromatic heterocycles. The van der Waals surface area contributed by atoms with Crippen LogP contribution in [0.1, 0.15) is 24.0 Å². The first-order valence-electron chi connectivity index (χ1n) is 10.1. The molecule has 8 nitrogen and oxygen atoms in total. The number of aryl methyl sites for hydroxylation is 3. The fourth-order valence-electron chi connectivity index (χ4n) is 3.99. The van der Waals surface area contributed by atoms with Crippen LogP contribution in [0.3, 0.4) is 0 Å². The zero-order valence-electron chi connectivity index (χ0n) is 17.7. The van der Waals surface area contributed by atoms with Crippen LogP contribution in [0.15, 0.2) is 50.5 Å². The number of anilines is 1. The maximum absolute atomic E-state index is 13.2. The lowest BCUT2D eigenvalue weighted by Crippen LogP contribution is -2.43. The summed E-state index contributed by atoms with van der Waals surface area (Å²) in [7, 11) is -2.27. The molecule has 1 fully saturated rings. The van der Waals surface area contributed by atoms with Crippen molar-refractivity contribution in [2.45, 2.75) is 31.6 Å². The van der Waals surface area contributed by atoms with Crippen LogP contribution in [0.2, 0.25) is 0 Å². The van der Waals surface area contributed by atoms with Crippen molar-refractivity contribution < 1.29 is 17.6 Å². The number of benzene rings is 2. The Morgan fingerprint density at radius 1 is 1.16 bits per heavy atom. The van der Waals surface area contributed by atoms with Gasteiger partial charge in [-0.3, -0.25) is 9.36 Å². The van der Waals surface area contributed by atoms with Gasteiger partial charge in [0.05, 0.1) is 16.3 Å². The summed E-state index contributed by atoms with van der Waals surface area (Å²) in [6.07, 6.45) is 1.21. The highest BCUT2D eigenvalue weighted by molar-refractivity contribution is 7.89. The molecule has 0 bridgehead atoms. The maximum Gasteiger partial charge on any atom is 0.419 e. The predicted octanol–water partition coefficient (Wildman–Crippen LogP) is 2.79. The van der Waals surface area contributed by atoms with Crippen molar-refractivity contribution in [3.8, 4) is 0 Å². The first-order chi connectivity index (χ1) is 14.7. The Hall–Kier alpha value is -2.91. The van der Waals surface area contributed by atoms with Crippen LogP contribution >= 0.6 is 0 Å². The number of sulfonamides is 1. The molecule has 1 saturated heterocycles. The fraction of sp³-hybridized carbons (Fsp3) is 0.364. The lowest BCUT2D eigenvalue weighted by Gasteiger charge is -2.31. The molecular weight excluding hydrogens is 418 g/mol. The minimum absolute atomic E-state index is 0.0461. The van der Waals surface area contributed by atoms with Crippen molar-refractivity contribution in [1.82, 2.24) is 8.87 Å². The average molecular weight is 444 g/mol. The highest BCUT2D eigenvalue weighted by Gasteiger charge is 2.33. The van der Waals surface area contributed by atoms with E-state index >= 15 is 0 Å². The summed E-state index contributed by atoms with van der Waals surface area (Å²) in [5, 5.41) is 2.94. The van der Waals surface area contributed by atoms with Crippen LogP contribution in [0.25, 0.3) is 11.1 Å². The van der Waals surface area contributed by atoms with Crippen molar-refractivity contribution in [3.63, 3.8) is 0 Å². The molecule has 1 aliphatic heterocycles. The van der Waals surface area contributed by atoms with E-state index in [1.54, 1.807) is 13.1 Å². The highest BCUT2D eigenvalue weighted by Crippen LogP contribution is 2.27. The van der Waals surface area contributed by atoms with E-state index in [0.29, 0.717) is 24.9 Å². The molecule has 164 valence electrons. The number of hydrogen-bond acceptors (Lipinski definition) is 5. The molecule has 31 heavy (non-hydrogen) atoms. The number of piperidine rings is 1. The molecule has 1 amide bonds. The number of oxazole rings is 1. The molecule has 3 aromatic rings. The molecule has 4 rings (SSSR count). The minimum Gasteiger partial charge on any atom is -0.408 e. The standard InChI is InChI=1S/C22H25N3O5S/c1-14-6-8-18(15(2)11-14)23-21(26)16-5-4-10-25(13-16)31(28,29)17-7-9-19-20(12-17)30-22(27)24(19)3/h6-9,11-12,16H,4-5,10,13H2,1-3H3,(H,23,26)/t16-/m0/s1. The zero-order chi connectivity index (χ0) is 22.3. The van der Waals surface area contributed by atoms with Crippen molar-refractivity contribution in [2.24, 2.45) is 13.0 Å². The molecule has 0 aliphatic carbocycles. The Labute approximate surface area is 180 Å². The third-order valence-electron chi connectivity index (χ3n) is 5.80. The number of rotatable bonds is 4. The van der Waals surface area contributed by atoms with Gasteiger partial charge in [0.25, 0.3) is 0 Å². The number of nitrogens with one attached hydrogen (secondary N) is 1. The summed E-state index contributed by atoms with van der Waals surface area (Å²) < 4.78 is 34.2. The summed E-state index contributed by atoms with van der Waals surface area (Å²) in [5.74, 6) is -1.18. The van der Waals surface area contributed by atoms with Crippen molar-refractivity contribution in [2.75, 3.05) is 18.4 Å². The van der Waals surface area contributed by atoms with Crippen LogP contribution in [-0.4, -0.2) is 36.3 Å². The Kier molecular flexibility index (Phi) is 5.49. The van der Waals surface area contributed by atoms with E-state index < -0.39 is 21.7 Å². The number of fused-ring (bicyclic) bond motifs is 1. The Morgan fingerprint density at radius 2 is 1.94 bits per heavy atom. The number of carbonyl (C=O) groups excluding carboxylic acids is 1. The van der Waals surface area contributed by atoms with Gasteiger partial charge in [0.15, 0.2) is 5.58 Å². The molecule has 0 unspecified atom stereocenters. The largest absolute Gasteiger partial charge is 0.419 e. The average Bonchev–Trinajstić information content (AvgIpc) is 3.03. The first-order valence-corrected chi connectivity index (χ1v) is 11.6. The van der Waals surface area contributed by atoms with Crippen molar-refractivity contribution in [1.29, 1.82) is 0 Å². The molecule has 1 atom stereocenters. The van der Waals surface area contributed by atoms with Gasteiger partial charge in [-0.05, 0) is 50.5 Å². The molecule has 1 N–H and O–H groups in total. The lowest BCUT2D eigenvalue weighted by atomic mass is 9.98. The normalized spacial score (nSPS) is 17.7. The summed E-state index contributed by atoms with van der Waals surface area (Å²) in [6.45, 7) is 4.36. The summed E-state index contributed by atoms with van der Waals surface area (Å²) in [6, 6.07) is 10.2. The fourth-order valence-corrected chi connectivity index (χ4v) is 5.53. The number of hydrogen-bond donors (Lipinski definition) is 1. The number of aromatic nitrogens is 1. The number of amides is 1. The molecule has 0 radical (unpaired) electrons. The van der Waals surface area contributed by atoms with Gasteiger partial charge in [0.2, 0.25) is 15.9 Å². The topological polar surface area (TPSA) is 102 Å². The van der Waals surface area contributed by atoms with Crippen LogP contribution in [0.4, 0.5) is 5.69 Å². The molecule has 1 aliphatic rings. The van der Waals surface area contributed by atoms with Crippen LogP contribution in [0.5, 0.6) is 0 Å². The van der Waals surface area contributed by atoms with Crippen LogP contribution in [-0.2, 0) is 21.9 Å². The second kappa shape index (κ2) is 7.97. The van der Waals surface area contributed by atoms with Gasteiger partial charge in [-0.15, -0.1) is 0 Å². The van der Waals surface area contributed by atoms with Gasteiger partial charge in [0, 0.05) is 31.9 Å². The third-order valence-corrected chi connectivity index (χ3v) is 7.66. The monoisotopic (exact) mass is 443 g/mol. The summed E-state index contributed by atoms with van der Waals surface area (Å²) in [5.41, 5.74) is 3.55. The lowest BCUT2D eigenvalue weighted by molar-refractivity contribution is -0.120. The van der Waals surface area contributed by atoms with Gasteiger partial charge in [-0.2, -0.15) is 4.31 Å². The second-order valence-electron chi connectivity index (χ2n) is 8.07. The Bertz CT molecular complexity index is 1320. The van der Waals surface area contributed by atoms with Gasteiger partial charge in [-0.1, -0.05) is 17.7 Å². The van der Waals surface area contributed by atoms with Gasteiger partial charge >= 0.3 is 5.76 Å². The van der Waals surface area contributed by atoms with E-state index in [1.165, 1.54) is 21.0 Å². The molecular formula is C22H25N3O5S. The van der Waals surface area contributed by atoms with E-state index in [9.17, 15) is 18.0 Å². The van der Waals surface area contributed by atoms with E-state index in [1.807, 2.05) is 32.0 Å². The van der Waals surface area contributed by atoms with Crippen LogP contribution in [0, 0.1) is 19.8 Å². The highest BCUT2D eigenvalue weighted by atomic mass is 32.2. The molecule has 2 aromatic carbocycles. The van der Waals surface area contributed by atoms with Crippen molar-refractivity contribution >= 4 is 32.7 Å². The molecule has 2 heterocycles. The van der Waals surface area contributed by atoms with E-state index in [0.717, 1.165) is 16.8 Å². The molecule has 9 heteroatoms. The Morgan fingerprint density at radius 3 is 2.68 bits per heavy atom. The molecule has 0 spiro atoms. The van der Waals surface area contributed by atoms with E-state index in [2.05, 4.69) is 5.32 Å². The van der Waals surface area contributed by atoms with E-state index in [4.69, 9.17) is 4.42 Å². The van der Waals surface area contributed by atoms with Gasteiger partial charge in [-0.25, -0.2) is 13.2 Å². The SMILES string of the molecule is Cc1ccc(NC(=O)[C@H]2CCCN(S(=O)(=O)c3ccc4c(c3)oc(=O)n4C)C2)c(C)c1. The minimum atomic E-state index is -3.83. The zero-order valence-corrected chi connectivity index (χ0v) is 18.5. The van der Waals surface area contributed by atoms with Gasteiger partial charge < -0.3 is 9.73 Å². The second-order valence-corrected chi connectivity index (χ2v) is 10.0. The predicted molar refractivity (Wildman–Crippen MR) is 117 cm³/mol.